The van der Waals surface area contributed by atoms with E-state index in [4.69, 9.17) is 5.11 Å². The van der Waals surface area contributed by atoms with Gasteiger partial charge >= 0.3 is 5.97 Å². The van der Waals surface area contributed by atoms with Gasteiger partial charge in [-0.2, -0.15) is 0 Å². The highest BCUT2D eigenvalue weighted by Gasteiger charge is 2.32. The van der Waals surface area contributed by atoms with Crippen molar-refractivity contribution in [1.29, 1.82) is 0 Å². The van der Waals surface area contributed by atoms with Crippen LogP contribution in [0.5, 0.6) is 0 Å². The van der Waals surface area contributed by atoms with Crippen LogP contribution in [0.25, 0.3) is 0 Å². The molecule has 78 valence electrons. The van der Waals surface area contributed by atoms with Crippen molar-refractivity contribution in [3.8, 4) is 0 Å². The highest BCUT2D eigenvalue weighted by molar-refractivity contribution is 7.90. The van der Waals surface area contributed by atoms with Gasteiger partial charge in [0.25, 0.3) is 15.9 Å². The SMILES string of the molecule is O=C(O)c1ccc2c(c1)C(=O)NS2(=O)=O. The van der Waals surface area contributed by atoms with Crippen molar-refractivity contribution in [3.63, 3.8) is 0 Å². The first-order chi connectivity index (χ1) is 6.92. The van der Waals surface area contributed by atoms with Gasteiger partial charge in [-0.15, -0.1) is 0 Å². The Hall–Kier alpha value is -1.89. The van der Waals surface area contributed by atoms with Crippen LogP contribution in [0.15, 0.2) is 23.1 Å². The van der Waals surface area contributed by atoms with Crippen molar-refractivity contribution in [3.05, 3.63) is 29.3 Å². The third kappa shape index (κ3) is 1.37. The average Bonchev–Trinajstić information content (AvgIpc) is 2.37. The number of amides is 1. The Morgan fingerprint density at radius 1 is 1.33 bits per heavy atom. The molecule has 1 heterocycles. The third-order valence-electron chi connectivity index (χ3n) is 1.99. The van der Waals surface area contributed by atoms with E-state index < -0.39 is 21.9 Å². The van der Waals surface area contributed by atoms with Gasteiger partial charge in [0.05, 0.1) is 11.1 Å². The summed E-state index contributed by atoms with van der Waals surface area (Å²) in [6.45, 7) is 0. The molecular formula is C8H5NO5S. The van der Waals surface area contributed by atoms with Gasteiger partial charge in [-0.1, -0.05) is 0 Å². The van der Waals surface area contributed by atoms with Crippen molar-refractivity contribution in [2.75, 3.05) is 0 Å². The van der Waals surface area contributed by atoms with E-state index in [0.29, 0.717) is 0 Å². The summed E-state index contributed by atoms with van der Waals surface area (Å²) in [4.78, 5) is 21.6. The first kappa shape index (κ1) is 9.66. The zero-order valence-corrected chi connectivity index (χ0v) is 8.04. The number of carboxylic acids is 1. The summed E-state index contributed by atoms with van der Waals surface area (Å²) in [6.07, 6.45) is 0. The smallest absolute Gasteiger partial charge is 0.335 e. The number of carbonyl (C=O) groups is 2. The maximum absolute atomic E-state index is 11.3. The molecular weight excluding hydrogens is 222 g/mol. The molecule has 0 fully saturated rings. The molecule has 0 unspecified atom stereocenters. The Labute approximate surface area is 84.6 Å². The summed E-state index contributed by atoms with van der Waals surface area (Å²) in [7, 11) is -3.79. The second-order valence-electron chi connectivity index (χ2n) is 2.95. The zero-order chi connectivity index (χ0) is 11.2. The molecule has 0 radical (unpaired) electrons. The highest BCUT2D eigenvalue weighted by atomic mass is 32.2. The zero-order valence-electron chi connectivity index (χ0n) is 7.22. The summed E-state index contributed by atoms with van der Waals surface area (Å²) in [6, 6.07) is 3.28. The monoisotopic (exact) mass is 227 g/mol. The lowest BCUT2D eigenvalue weighted by Gasteiger charge is -1.96. The third-order valence-corrected chi connectivity index (χ3v) is 3.38. The van der Waals surface area contributed by atoms with Gasteiger partial charge in [0, 0.05) is 0 Å². The molecule has 7 heteroatoms. The number of aromatic carboxylic acids is 1. The molecule has 2 rings (SSSR count). The Kier molecular flexibility index (Phi) is 1.80. The van der Waals surface area contributed by atoms with Crippen LogP contribution in [0.2, 0.25) is 0 Å². The molecule has 0 aromatic heterocycles. The Morgan fingerprint density at radius 3 is 2.60 bits per heavy atom. The van der Waals surface area contributed by atoms with Crippen LogP contribution < -0.4 is 4.72 Å². The molecule has 2 N–H and O–H groups in total. The molecule has 1 aromatic rings. The van der Waals surface area contributed by atoms with Gasteiger partial charge in [-0.3, -0.25) is 4.79 Å². The number of nitrogens with one attached hydrogen (secondary N) is 1. The van der Waals surface area contributed by atoms with Crippen LogP contribution in [-0.2, 0) is 10.0 Å². The number of fused-ring (bicyclic) bond motifs is 1. The maximum atomic E-state index is 11.3. The van der Waals surface area contributed by atoms with Crippen molar-refractivity contribution in [2.24, 2.45) is 0 Å². The van der Waals surface area contributed by atoms with Gasteiger partial charge in [-0.05, 0) is 18.2 Å². The van der Waals surface area contributed by atoms with Gasteiger partial charge in [-0.25, -0.2) is 17.9 Å². The van der Waals surface area contributed by atoms with E-state index in [-0.39, 0.29) is 16.0 Å². The van der Waals surface area contributed by atoms with E-state index in [2.05, 4.69) is 0 Å². The summed E-state index contributed by atoms with van der Waals surface area (Å²) >= 11 is 0. The Balaban J connectivity index is 2.71. The molecule has 15 heavy (non-hydrogen) atoms. The second-order valence-corrected chi connectivity index (χ2v) is 4.60. The number of carboxylic acid groups (broad SMARTS) is 1. The average molecular weight is 227 g/mol. The molecule has 6 nitrogen and oxygen atoms in total. The molecule has 0 bridgehead atoms. The molecule has 0 aliphatic carbocycles. The summed E-state index contributed by atoms with van der Waals surface area (Å²) in [5.41, 5.74) is -0.254. The van der Waals surface area contributed by atoms with Gasteiger partial charge in [0.15, 0.2) is 0 Å². The number of carbonyl (C=O) groups excluding carboxylic acids is 1. The molecule has 1 amide bonds. The predicted octanol–water partition coefficient (Wildman–Crippen LogP) is -0.183. The number of rotatable bonds is 1. The Morgan fingerprint density at radius 2 is 2.00 bits per heavy atom. The quantitative estimate of drug-likeness (QED) is 0.692. The lowest BCUT2D eigenvalue weighted by Crippen LogP contribution is -2.20. The first-order valence-corrected chi connectivity index (χ1v) is 5.34. The minimum atomic E-state index is -3.79. The predicted molar refractivity (Wildman–Crippen MR) is 48.1 cm³/mol. The maximum Gasteiger partial charge on any atom is 0.335 e. The molecule has 0 spiro atoms. The van der Waals surface area contributed by atoms with Crippen molar-refractivity contribution in [1.82, 2.24) is 4.72 Å². The lowest BCUT2D eigenvalue weighted by molar-refractivity contribution is 0.0696. The van der Waals surface area contributed by atoms with Crippen LogP contribution >= 0.6 is 0 Å². The molecule has 0 atom stereocenters. The fourth-order valence-electron chi connectivity index (χ4n) is 1.31. The van der Waals surface area contributed by atoms with Crippen molar-refractivity contribution >= 4 is 21.9 Å². The fourth-order valence-corrected chi connectivity index (χ4v) is 2.46. The van der Waals surface area contributed by atoms with Gasteiger partial charge < -0.3 is 5.11 Å². The number of sulfonamides is 1. The molecule has 0 saturated heterocycles. The van der Waals surface area contributed by atoms with Gasteiger partial charge in [0.2, 0.25) is 0 Å². The second kappa shape index (κ2) is 2.80. The minimum Gasteiger partial charge on any atom is -0.478 e. The largest absolute Gasteiger partial charge is 0.478 e. The molecule has 1 aliphatic heterocycles. The van der Waals surface area contributed by atoms with Gasteiger partial charge in [0.1, 0.15) is 4.90 Å². The van der Waals surface area contributed by atoms with E-state index in [0.717, 1.165) is 18.2 Å². The van der Waals surface area contributed by atoms with E-state index in [1.54, 1.807) is 4.72 Å². The Bertz CT molecular complexity index is 575. The topological polar surface area (TPSA) is 101 Å². The number of hydrogen-bond acceptors (Lipinski definition) is 4. The van der Waals surface area contributed by atoms with Crippen LogP contribution in [0.4, 0.5) is 0 Å². The fraction of sp³-hybridized carbons (Fsp3) is 0. The molecule has 1 aliphatic rings. The highest BCUT2D eigenvalue weighted by Crippen LogP contribution is 2.23. The van der Waals surface area contributed by atoms with E-state index >= 15 is 0 Å². The summed E-state index contributed by atoms with van der Waals surface area (Å²) in [5, 5.41) is 8.65. The molecule has 0 saturated carbocycles. The van der Waals surface area contributed by atoms with Crippen LogP contribution in [-0.4, -0.2) is 25.4 Å². The lowest BCUT2D eigenvalue weighted by atomic mass is 10.1. The standard InChI is InChI=1S/C8H5NO5S/c10-7-5-3-4(8(11)12)1-2-6(5)15(13,14)9-7/h1-3H,(H,9,10)(H,11,12). The normalized spacial score (nSPS) is 16.9. The van der Waals surface area contributed by atoms with Crippen LogP contribution in [0.3, 0.4) is 0 Å². The van der Waals surface area contributed by atoms with Crippen LogP contribution in [0, 0.1) is 0 Å². The number of hydrogen-bond donors (Lipinski definition) is 2. The minimum absolute atomic E-state index is 0.124. The van der Waals surface area contributed by atoms with Crippen LogP contribution in [0.1, 0.15) is 20.7 Å². The van der Waals surface area contributed by atoms with E-state index in [1.807, 2.05) is 0 Å². The first-order valence-electron chi connectivity index (χ1n) is 3.86. The summed E-state index contributed by atoms with van der Waals surface area (Å²) in [5.74, 6) is -2.01. The van der Waals surface area contributed by atoms with Crippen molar-refractivity contribution in [2.45, 2.75) is 4.90 Å². The van der Waals surface area contributed by atoms with E-state index in [1.165, 1.54) is 0 Å². The number of benzene rings is 1. The molecule has 1 aromatic carbocycles. The van der Waals surface area contributed by atoms with Crippen molar-refractivity contribution < 1.29 is 23.1 Å². The van der Waals surface area contributed by atoms with E-state index in [9.17, 15) is 18.0 Å². The summed E-state index contributed by atoms with van der Waals surface area (Å²) < 4.78 is 24.3.